The number of hydrogen-bond acceptors (Lipinski definition) is 8. The fraction of sp³-hybridized carbons (Fsp3) is 0.257. The van der Waals surface area contributed by atoms with Crippen LogP contribution in [0.1, 0.15) is 59.1 Å². The van der Waals surface area contributed by atoms with Crippen LogP contribution >= 0.6 is 0 Å². The first-order valence-corrected chi connectivity index (χ1v) is 13.7. The van der Waals surface area contributed by atoms with E-state index in [4.69, 9.17) is 23.7 Å². The second-order valence-electron chi connectivity index (χ2n) is 10.1. The van der Waals surface area contributed by atoms with Crippen LogP contribution in [0, 0.1) is 0 Å². The van der Waals surface area contributed by atoms with Crippen molar-refractivity contribution >= 4 is 12.2 Å². The third kappa shape index (κ3) is 6.28. The van der Waals surface area contributed by atoms with Gasteiger partial charge >= 0.3 is 0 Å². The zero-order chi connectivity index (χ0) is 31.3. The summed E-state index contributed by atoms with van der Waals surface area (Å²) in [5.74, 6) is 1.89. The highest BCUT2D eigenvalue weighted by Gasteiger charge is 2.29. The van der Waals surface area contributed by atoms with Gasteiger partial charge in [0.2, 0.25) is 5.75 Å². The summed E-state index contributed by atoms with van der Waals surface area (Å²) in [4.78, 5) is 0. The van der Waals surface area contributed by atoms with Crippen molar-refractivity contribution in [2.45, 2.75) is 25.7 Å². The fourth-order valence-corrected chi connectivity index (χ4v) is 5.30. The van der Waals surface area contributed by atoms with Crippen molar-refractivity contribution in [3.8, 4) is 46.0 Å². The summed E-state index contributed by atoms with van der Waals surface area (Å²) in [5.41, 5.74) is 5.17. The average molecular weight is 587 g/mol. The monoisotopic (exact) mass is 586 g/mol. The summed E-state index contributed by atoms with van der Waals surface area (Å²) in [6, 6.07) is 17.7. The molecule has 2 atom stereocenters. The van der Waals surface area contributed by atoms with Gasteiger partial charge in [0.05, 0.1) is 35.5 Å². The van der Waals surface area contributed by atoms with E-state index in [-0.39, 0.29) is 29.1 Å². The van der Waals surface area contributed by atoms with Gasteiger partial charge in [-0.15, -0.1) is 0 Å². The summed E-state index contributed by atoms with van der Waals surface area (Å²) in [6.45, 7) is 4.09. The van der Waals surface area contributed by atoms with Gasteiger partial charge in [-0.1, -0.05) is 44.2 Å². The molecular weight excluding hydrogens is 548 g/mol. The lowest BCUT2D eigenvalue weighted by Crippen LogP contribution is -2.10. The molecule has 0 aliphatic carbocycles. The first kappa shape index (κ1) is 31.0. The van der Waals surface area contributed by atoms with Crippen LogP contribution in [-0.4, -0.2) is 50.9 Å². The summed E-state index contributed by atoms with van der Waals surface area (Å²) >= 11 is 0. The number of phenols is 3. The van der Waals surface area contributed by atoms with Crippen LogP contribution in [0.25, 0.3) is 12.2 Å². The molecule has 0 aliphatic heterocycles. The Morgan fingerprint density at radius 2 is 1.12 bits per heavy atom. The third-order valence-electron chi connectivity index (χ3n) is 7.70. The average Bonchev–Trinajstić information content (AvgIpc) is 3.03. The smallest absolute Gasteiger partial charge is 0.200 e. The molecule has 0 fully saturated rings. The molecule has 0 aromatic heterocycles. The molecule has 0 heterocycles. The Hall–Kier alpha value is -4.98. The zero-order valence-electron chi connectivity index (χ0n) is 25.5. The van der Waals surface area contributed by atoms with Crippen LogP contribution in [0.5, 0.6) is 46.0 Å². The number of hydrogen-bond donors (Lipinski definition) is 3. The predicted molar refractivity (Wildman–Crippen MR) is 167 cm³/mol. The highest BCUT2D eigenvalue weighted by atomic mass is 16.5. The lowest BCUT2D eigenvalue weighted by molar-refractivity contribution is 0.339. The Morgan fingerprint density at radius 1 is 0.558 bits per heavy atom. The van der Waals surface area contributed by atoms with Crippen LogP contribution < -0.4 is 23.7 Å². The van der Waals surface area contributed by atoms with E-state index in [1.807, 2.05) is 50.3 Å². The Balaban J connectivity index is 1.99. The van der Waals surface area contributed by atoms with Crippen molar-refractivity contribution in [1.82, 2.24) is 0 Å². The van der Waals surface area contributed by atoms with Crippen molar-refractivity contribution in [3.05, 3.63) is 94.0 Å². The van der Waals surface area contributed by atoms with E-state index in [1.54, 1.807) is 50.6 Å². The second kappa shape index (κ2) is 13.3. The minimum Gasteiger partial charge on any atom is -0.508 e. The van der Waals surface area contributed by atoms with Gasteiger partial charge in [0.25, 0.3) is 0 Å². The van der Waals surface area contributed by atoms with E-state index >= 15 is 0 Å². The first-order valence-electron chi connectivity index (χ1n) is 13.7. The number of methoxy groups -OCH3 is 5. The Bertz CT molecular complexity index is 1580. The molecule has 0 bridgehead atoms. The quantitative estimate of drug-likeness (QED) is 0.157. The summed E-state index contributed by atoms with van der Waals surface area (Å²) in [6.07, 6.45) is 3.94. The van der Waals surface area contributed by atoms with Gasteiger partial charge in [-0.2, -0.15) is 0 Å². The second-order valence-corrected chi connectivity index (χ2v) is 10.1. The molecule has 3 N–H and O–H groups in total. The van der Waals surface area contributed by atoms with Crippen molar-refractivity contribution in [2.24, 2.45) is 0 Å². The maximum absolute atomic E-state index is 10.6. The van der Waals surface area contributed by atoms with Crippen LogP contribution in [0.2, 0.25) is 0 Å². The summed E-state index contributed by atoms with van der Waals surface area (Å²) in [7, 11) is 7.75. The van der Waals surface area contributed by atoms with Crippen molar-refractivity contribution in [2.75, 3.05) is 35.5 Å². The molecule has 0 saturated carbocycles. The molecule has 0 saturated heterocycles. The molecule has 0 radical (unpaired) electrons. The Kier molecular flexibility index (Phi) is 9.60. The minimum absolute atomic E-state index is 0.0524. The van der Waals surface area contributed by atoms with Crippen LogP contribution in [0.3, 0.4) is 0 Å². The summed E-state index contributed by atoms with van der Waals surface area (Å²) in [5, 5.41) is 30.5. The highest BCUT2D eigenvalue weighted by molar-refractivity contribution is 5.76. The summed E-state index contributed by atoms with van der Waals surface area (Å²) < 4.78 is 28.4. The molecule has 0 aliphatic rings. The standard InChI is InChI=1S/C35H38O8/c1-20(23-12-15-27(37)28(16-23)39-3)33-29(40-4)17-24(11-8-22-9-13-26(36)14-10-22)32(35(33)43-7)21(2)25-18-30(41-5)34(38)31(19-25)42-6/h8-21,36-38H,1-7H3/b11-8+. The van der Waals surface area contributed by atoms with Gasteiger partial charge in [-0.3, -0.25) is 0 Å². The Morgan fingerprint density at radius 3 is 1.67 bits per heavy atom. The first-order chi connectivity index (χ1) is 20.7. The number of phenolic OH excluding ortho intramolecular Hbond substituents is 3. The zero-order valence-corrected chi connectivity index (χ0v) is 25.5. The van der Waals surface area contributed by atoms with E-state index < -0.39 is 0 Å². The van der Waals surface area contributed by atoms with E-state index in [2.05, 4.69) is 0 Å². The molecule has 8 nitrogen and oxygen atoms in total. The lowest BCUT2D eigenvalue weighted by Gasteiger charge is -2.27. The normalized spacial score (nSPS) is 12.5. The highest BCUT2D eigenvalue weighted by Crippen LogP contribution is 2.49. The van der Waals surface area contributed by atoms with E-state index in [1.165, 1.54) is 21.3 Å². The third-order valence-corrected chi connectivity index (χ3v) is 7.70. The van der Waals surface area contributed by atoms with E-state index in [0.29, 0.717) is 28.7 Å². The van der Waals surface area contributed by atoms with Gasteiger partial charge in [-0.05, 0) is 64.7 Å². The maximum Gasteiger partial charge on any atom is 0.200 e. The molecule has 4 rings (SSSR count). The number of benzene rings is 4. The lowest BCUT2D eigenvalue weighted by atomic mass is 9.82. The molecule has 0 amide bonds. The minimum atomic E-state index is -0.260. The molecule has 4 aromatic carbocycles. The van der Waals surface area contributed by atoms with E-state index in [0.717, 1.165) is 33.4 Å². The van der Waals surface area contributed by atoms with Gasteiger partial charge < -0.3 is 39.0 Å². The SMILES string of the molecule is COc1cc(C(C)c2c(OC)cc(/C=C/c3ccc(O)cc3)c(C(C)c3cc(OC)c(O)c(OC)c3)c2OC)ccc1O. The number of aromatic hydroxyl groups is 3. The molecule has 2 unspecified atom stereocenters. The molecule has 226 valence electrons. The van der Waals surface area contributed by atoms with Crippen LogP contribution in [0.4, 0.5) is 0 Å². The molecule has 4 aromatic rings. The van der Waals surface area contributed by atoms with Gasteiger partial charge in [0.1, 0.15) is 17.2 Å². The molecule has 43 heavy (non-hydrogen) atoms. The topological polar surface area (TPSA) is 107 Å². The van der Waals surface area contributed by atoms with Gasteiger partial charge in [-0.25, -0.2) is 0 Å². The van der Waals surface area contributed by atoms with E-state index in [9.17, 15) is 15.3 Å². The molecule has 8 heteroatoms. The Labute approximate surface area is 252 Å². The van der Waals surface area contributed by atoms with Gasteiger partial charge in [0.15, 0.2) is 23.0 Å². The van der Waals surface area contributed by atoms with Crippen molar-refractivity contribution in [3.63, 3.8) is 0 Å². The van der Waals surface area contributed by atoms with Crippen molar-refractivity contribution in [1.29, 1.82) is 0 Å². The largest absolute Gasteiger partial charge is 0.508 e. The van der Waals surface area contributed by atoms with Gasteiger partial charge in [0, 0.05) is 23.0 Å². The van der Waals surface area contributed by atoms with Crippen molar-refractivity contribution < 1.29 is 39.0 Å². The van der Waals surface area contributed by atoms with Crippen LogP contribution in [-0.2, 0) is 0 Å². The van der Waals surface area contributed by atoms with Crippen LogP contribution in [0.15, 0.2) is 60.7 Å². The maximum atomic E-state index is 10.6. The number of rotatable bonds is 11. The fourth-order valence-electron chi connectivity index (χ4n) is 5.30. The number of ether oxygens (including phenoxy) is 5. The molecular formula is C35H38O8. The predicted octanol–water partition coefficient (Wildman–Crippen LogP) is 7.32. The molecule has 0 spiro atoms.